The number of rotatable bonds is 5. The van der Waals surface area contributed by atoms with Gasteiger partial charge in [0, 0.05) is 43.5 Å². The molecule has 148 valence electrons. The van der Waals surface area contributed by atoms with Gasteiger partial charge < -0.3 is 15.3 Å². The molecule has 28 heavy (non-hydrogen) atoms. The van der Waals surface area contributed by atoms with E-state index in [4.69, 9.17) is 5.11 Å². The molecule has 0 saturated carbocycles. The second kappa shape index (κ2) is 8.39. The Morgan fingerprint density at radius 2 is 1.61 bits per heavy atom. The second-order valence-corrected chi connectivity index (χ2v) is 7.12. The average molecular weight is 385 g/mol. The molecule has 0 unspecified atom stereocenters. The standard InChI is InChI=1S/C21H24FN3O3/c1-14(2)24-9-11-25(12-10-24)17-6-3-15(4-7-17)20(26)23-19-8-5-16(21(27)28)13-18(19)22/h3-8,13-14H,9-12H2,1-2H3,(H,23,26)(H,27,28). The lowest BCUT2D eigenvalue weighted by atomic mass is 10.1. The first-order chi connectivity index (χ1) is 13.3. The predicted molar refractivity (Wildman–Crippen MR) is 107 cm³/mol. The number of aromatic carboxylic acids is 1. The van der Waals surface area contributed by atoms with Gasteiger partial charge in [-0.15, -0.1) is 0 Å². The number of piperazine rings is 1. The largest absolute Gasteiger partial charge is 0.478 e. The average Bonchev–Trinajstić information content (AvgIpc) is 2.69. The Morgan fingerprint density at radius 3 is 2.14 bits per heavy atom. The van der Waals surface area contributed by atoms with Gasteiger partial charge in [-0.05, 0) is 56.3 Å². The van der Waals surface area contributed by atoms with E-state index in [9.17, 15) is 14.0 Å². The molecular formula is C21H24FN3O3. The molecule has 1 aliphatic rings. The lowest BCUT2D eigenvalue weighted by Gasteiger charge is -2.38. The highest BCUT2D eigenvalue weighted by Gasteiger charge is 2.19. The molecular weight excluding hydrogens is 361 g/mol. The summed E-state index contributed by atoms with van der Waals surface area (Å²) in [5, 5.41) is 11.4. The number of anilines is 2. The van der Waals surface area contributed by atoms with Crippen molar-refractivity contribution >= 4 is 23.3 Å². The van der Waals surface area contributed by atoms with Crippen LogP contribution in [0.4, 0.5) is 15.8 Å². The highest BCUT2D eigenvalue weighted by atomic mass is 19.1. The summed E-state index contributed by atoms with van der Waals surface area (Å²) in [4.78, 5) is 28.0. The summed E-state index contributed by atoms with van der Waals surface area (Å²) in [5.74, 6) is -2.45. The van der Waals surface area contributed by atoms with Crippen LogP contribution in [0.1, 0.15) is 34.6 Å². The minimum atomic E-state index is -1.22. The van der Waals surface area contributed by atoms with Crippen molar-refractivity contribution in [1.82, 2.24) is 4.90 Å². The molecule has 2 N–H and O–H groups in total. The number of nitrogens with zero attached hydrogens (tertiary/aromatic N) is 2. The molecule has 0 aliphatic carbocycles. The Kier molecular flexibility index (Phi) is 5.94. The van der Waals surface area contributed by atoms with E-state index in [2.05, 4.69) is 29.0 Å². The predicted octanol–water partition coefficient (Wildman–Crippen LogP) is 3.31. The van der Waals surface area contributed by atoms with Crippen LogP contribution in [0.3, 0.4) is 0 Å². The number of carboxylic acid groups (broad SMARTS) is 1. The normalized spacial score (nSPS) is 14.9. The smallest absolute Gasteiger partial charge is 0.335 e. The molecule has 2 aromatic carbocycles. The van der Waals surface area contributed by atoms with Crippen LogP contribution in [0.15, 0.2) is 42.5 Å². The molecule has 1 aliphatic heterocycles. The number of hydrogen-bond donors (Lipinski definition) is 2. The Balaban J connectivity index is 1.64. The van der Waals surface area contributed by atoms with Crippen molar-refractivity contribution in [2.75, 3.05) is 36.4 Å². The van der Waals surface area contributed by atoms with Crippen molar-refractivity contribution < 1.29 is 19.1 Å². The Labute approximate surface area is 163 Å². The van der Waals surface area contributed by atoms with Gasteiger partial charge in [0.1, 0.15) is 5.82 Å². The van der Waals surface area contributed by atoms with E-state index >= 15 is 0 Å². The van der Waals surface area contributed by atoms with Crippen LogP contribution in [0, 0.1) is 5.82 Å². The zero-order chi connectivity index (χ0) is 20.3. The molecule has 2 aromatic rings. The van der Waals surface area contributed by atoms with Gasteiger partial charge in [0.15, 0.2) is 0 Å². The molecule has 0 radical (unpaired) electrons. The Morgan fingerprint density at radius 1 is 1.00 bits per heavy atom. The van der Waals surface area contributed by atoms with Gasteiger partial charge in [-0.1, -0.05) is 0 Å². The fraction of sp³-hybridized carbons (Fsp3) is 0.333. The van der Waals surface area contributed by atoms with Gasteiger partial charge in [-0.2, -0.15) is 0 Å². The molecule has 1 heterocycles. The van der Waals surface area contributed by atoms with E-state index in [-0.39, 0.29) is 11.3 Å². The first-order valence-corrected chi connectivity index (χ1v) is 9.28. The Hall–Kier alpha value is -2.93. The zero-order valence-electron chi connectivity index (χ0n) is 16.0. The molecule has 1 fully saturated rings. The van der Waals surface area contributed by atoms with E-state index in [1.165, 1.54) is 12.1 Å². The minimum Gasteiger partial charge on any atom is -0.478 e. The molecule has 0 bridgehead atoms. The maximum Gasteiger partial charge on any atom is 0.335 e. The minimum absolute atomic E-state index is 0.0520. The van der Waals surface area contributed by atoms with Crippen LogP contribution < -0.4 is 10.2 Å². The number of carbonyl (C=O) groups is 2. The highest BCUT2D eigenvalue weighted by molar-refractivity contribution is 6.04. The van der Waals surface area contributed by atoms with E-state index < -0.39 is 17.7 Å². The fourth-order valence-corrected chi connectivity index (χ4v) is 3.26. The first kappa shape index (κ1) is 19.8. The van der Waals surface area contributed by atoms with Crippen LogP contribution in [0.25, 0.3) is 0 Å². The Bertz CT molecular complexity index is 860. The third kappa shape index (κ3) is 4.48. The number of amides is 1. The third-order valence-electron chi connectivity index (χ3n) is 5.00. The van der Waals surface area contributed by atoms with Crippen molar-refractivity contribution in [3.63, 3.8) is 0 Å². The molecule has 6 nitrogen and oxygen atoms in total. The molecule has 0 atom stereocenters. The van der Waals surface area contributed by atoms with E-state index in [0.29, 0.717) is 11.6 Å². The van der Waals surface area contributed by atoms with Gasteiger partial charge in [0.05, 0.1) is 11.3 Å². The molecule has 0 spiro atoms. The molecule has 1 amide bonds. The molecule has 7 heteroatoms. The lowest BCUT2D eigenvalue weighted by molar-refractivity contribution is 0.0696. The summed E-state index contributed by atoms with van der Waals surface area (Å²) in [6.07, 6.45) is 0. The first-order valence-electron chi connectivity index (χ1n) is 9.28. The van der Waals surface area contributed by atoms with Crippen molar-refractivity contribution in [2.24, 2.45) is 0 Å². The third-order valence-corrected chi connectivity index (χ3v) is 5.00. The number of carbonyl (C=O) groups excluding carboxylic acids is 1. The SMILES string of the molecule is CC(C)N1CCN(c2ccc(C(=O)Nc3ccc(C(=O)O)cc3F)cc2)CC1. The van der Waals surface area contributed by atoms with Crippen molar-refractivity contribution in [3.8, 4) is 0 Å². The van der Waals surface area contributed by atoms with Crippen LogP contribution in [0.2, 0.25) is 0 Å². The number of benzene rings is 2. The maximum atomic E-state index is 14.0. The molecule has 0 aromatic heterocycles. The monoisotopic (exact) mass is 385 g/mol. The highest BCUT2D eigenvalue weighted by Crippen LogP contribution is 2.20. The fourth-order valence-electron chi connectivity index (χ4n) is 3.26. The van der Waals surface area contributed by atoms with Crippen molar-refractivity contribution in [2.45, 2.75) is 19.9 Å². The van der Waals surface area contributed by atoms with E-state index in [1.807, 2.05) is 12.1 Å². The van der Waals surface area contributed by atoms with Crippen molar-refractivity contribution in [1.29, 1.82) is 0 Å². The molecule has 3 rings (SSSR count). The van der Waals surface area contributed by atoms with Gasteiger partial charge >= 0.3 is 5.97 Å². The van der Waals surface area contributed by atoms with Gasteiger partial charge in [-0.25, -0.2) is 9.18 Å². The van der Waals surface area contributed by atoms with Crippen molar-refractivity contribution in [3.05, 3.63) is 59.4 Å². The van der Waals surface area contributed by atoms with Gasteiger partial charge in [-0.3, -0.25) is 9.69 Å². The van der Waals surface area contributed by atoms with Crippen LogP contribution >= 0.6 is 0 Å². The molecule has 1 saturated heterocycles. The summed E-state index contributed by atoms with van der Waals surface area (Å²) in [6, 6.07) is 11.1. The van der Waals surface area contributed by atoms with E-state index in [0.717, 1.165) is 37.9 Å². The number of nitrogens with one attached hydrogen (secondary N) is 1. The summed E-state index contributed by atoms with van der Waals surface area (Å²) < 4.78 is 14.0. The lowest BCUT2D eigenvalue weighted by Crippen LogP contribution is -2.48. The maximum absolute atomic E-state index is 14.0. The van der Waals surface area contributed by atoms with Crippen LogP contribution in [-0.4, -0.2) is 54.1 Å². The van der Waals surface area contributed by atoms with E-state index in [1.54, 1.807) is 12.1 Å². The number of hydrogen-bond acceptors (Lipinski definition) is 4. The summed E-state index contributed by atoms with van der Waals surface area (Å²) >= 11 is 0. The van der Waals surface area contributed by atoms with Gasteiger partial charge in [0.25, 0.3) is 5.91 Å². The zero-order valence-corrected chi connectivity index (χ0v) is 16.0. The summed E-state index contributed by atoms with van der Waals surface area (Å²) in [5.41, 5.74) is 1.24. The summed E-state index contributed by atoms with van der Waals surface area (Å²) in [6.45, 7) is 8.27. The second-order valence-electron chi connectivity index (χ2n) is 7.12. The number of halogens is 1. The van der Waals surface area contributed by atoms with Crippen LogP contribution in [-0.2, 0) is 0 Å². The quantitative estimate of drug-likeness (QED) is 0.826. The van der Waals surface area contributed by atoms with Gasteiger partial charge in [0.2, 0.25) is 0 Å². The van der Waals surface area contributed by atoms with Crippen LogP contribution in [0.5, 0.6) is 0 Å². The number of carboxylic acids is 1. The summed E-state index contributed by atoms with van der Waals surface area (Å²) in [7, 11) is 0. The topological polar surface area (TPSA) is 72.9 Å².